The Hall–Kier alpha value is -3.26. The van der Waals surface area contributed by atoms with Crippen molar-refractivity contribution in [2.45, 2.75) is 17.3 Å². The van der Waals surface area contributed by atoms with Gasteiger partial charge in [-0.3, -0.25) is 9.59 Å². The van der Waals surface area contributed by atoms with Gasteiger partial charge in [0.2, 0.25) is 11.8 Å². The number of imidazole rings is 1. The van der Waals surface area contributed by atoms with Crippen LogP contribution in [0.3, 0.4) is 0 Å². The lowest BCUT2D eigenvalue weighted by atomic mass is 10.2. The van der Waals surface area contributed by atoms with Crippen molar-refractivity contribution >= 4 is 29.3 Å². The Bertz CT molecular complexity index is 954. The number of nitrogens with one attached hydrogen (secondary N) is 1. The summed E-state index contributed by atoms with van der Waals surface area (Å²) in [6.45, 7) is 1.77. The predicted octanol–water partition coefficient (Wildman–Crippen LogP) is 2.48. The summed E-state index contributed by atoms with van der Waals surface area (Å²) in [5, 5.41) is 2.92. The van der Waals surface area contributed by atoms with Gasteiger partial charge in [0, 0.05) is 16.8 Å². The second-order valence-electron chi connectivity index (χ2n) is 5.87. The van der Waals surface area contributed by atoms with Crippen molar-refractivity contribution < 1.29 is 9.59 Å². The molecule has 1 heterocycles. The van der Waals surface area contributed by atoms with Crippen LogP contribution in [0.2, 0.25) is 0 Å². The van der Waals surface area contributed by atoms with E-state index >= 15 is 0 Å². The number of carbonyl (C=O) groups is 2. The van der Waals surface area contributed by atoms with Gasteiger partial charge in [-0.15, -0.1) is 0 Å². The van der Waals surface area contributed by atoms with Crippen LogP contribution in [-0.4, -0.2) is 26.7 Å². The second kappa shape index (κ2) is 7.96. The maximum Gasteiger partial charge on any atom is 0.248 e. The number of hydrogen-bond donors (Lipinski definition) is 3. The first-order valence-corrected chi connectivity index (χ1v) is 9.09. The lowest BCUT2D eigenvalue weighted by molar-refractivity contribution is -0.115. The van der Waals surface area contributed by atoms with Crippen LogP contribution in [0.4, 0.5) is 5.69 Å². The Labute approximate surface area is 160 Å². The third-order valence-electron chi connectivity index (χ3n) is 3.86. The highest BCUT2D eigenvalue weighted by Crippen LogP contribution is 2.26. The predicted molar refractivity (Wildman–Crippen MR) is 107 cm³/mol. The largest absolute Gasteiger partial charge is 0.366 e. The fraction of sp³-hybridized carbons (Fsp3) is 0.105. The van der Waals surface area contributed by atoms with E-state index in [4.69, 9.17) is 11.6 Å². The molecule has 1 aromatic heterocycles. The molecule has 0 bridgehead atoms. The van der Waals surface area contributed by atoms with Crippen LogP contribution in [0.15, 0.2) is 66.0 Å². The van der Waals surface area contributed by atoms with Gasteiger partial charge in [-0.2, -0.15) is 0 Å². The van der Waals surface area contributed by atoms with E-state index < -0.39 is 11.2 Å². The van der Waals surface area contributed by atoms with Crippen LogP contribution in [-0.2, 0) is 4.79 Å². The van der Waals surface area contributed by atoms with Crippen molar-refractivity contribution in [3.8, 4) is 11.3 Å². The van der Waals surface area contributed by atoms with Gasteiger partial charge in [-0.25, -0.2) is 9.66 Å². The molecule has 0 aliphatic heterocycles. The summed E-state index contributed by atoms with van der Waals surface area (Å²) in [4.78, 5) is 28.0. The zero-order chi connectivity index (χ0) is 19.4. The lowest BCUT2D eigenvalue weighted by Gasteiger charge is -2.11. The Morgan fingerprint density at radius 3 is 2.41 bits per heavy atom. The maximum absolute atomic E-state index is 12.4. The number of benzene rings is 2. The number of hydrogen-bond acceptors (Lipinski definition) is 5. The average molecular weight is 381 g/mol. The maximum atomic E-state index is 12.4. The van der Waals surface area contributed by atoms with Crippen LogP contribution >= 0.6 is 11.8 Å². The van der Waals surface area contributed by atoms with E-state index in [0.717, 1.165) is 11.3 Å². The van der Waals surface area contributed by atoms with E-state index in [1.807, 2.05) is 30.3 Å². The number of carbonyl (C=O) groups excluding carboxylic acids is 2. The molecule has 0 spiro atoms. The van der Waals surface area contributed by atoms with Gasteiger partial charge in [0.25, 0.3) is 0 Å². The SMILES string of the molecule is C[C@@H](Sc1nc(-c2ccccc2)cn1N)C(=O)Nc1ccc(C(N)=O)cc1. The molecule has 0 unspecified atom stereocenters. The van der Waals surface area contributed by atoms with E-state index in [1.54, 1.807) is 37.4 Å². The van der Waals surface area contributed by atoms with Crippen LogP contribution in [0.25, 0.3) is 11.3 Å². The van der Waals surface area contributed by atoms with Crippen LogP contribution < -0.4 is 16.9 Å². The first kappa shape index (κ1) is 18.5. The summed E-state index contributed by atoms with van der Waals surface area (Å²) in [5.74, 6) is 5.27. The molecule has 8 heteroatoms. The molecule has 0 radical (unpaired) electrons. The molecule has 2 amide bonds. The van der Waals surface area contributed by atoms with Crippen molar-refractivity contribution in [2.24, 2.45) is 5.73 Å². The third-order valence-corrected chi connectivity index (χ3v) is 4.94. The number of nitrogens with zero attached hydrogens (tertiary/aromatic N) is 2. The number of aromatic nitrogens is 2. The first-order valence-electron chi connectivity index (χ1n) is 8.21. The number of thioether (sulfide) groups is 1. The third kappa shape index (κ3) is 4.48. The molecule has 2 aromatic carbocycles. The summed E-state index contributed by atoms with van der Waals surface area (Å²) in [6, 6.07) is 16.1. The molecule has 7 nitrogen and oxygen atoms in total. The van der Waals surface area contributed by atoms with Crippen LogP contribution in [0.1, 0.15) is 17.3 Å². The van der Waals surface area contributed by atoms with E-state index in [0.29, 0.717) is 16.4 Å². The van der Waals surface area contributed by atoms with Gasteiger partial charge in [-0.1, -0.05) is 42.1 Å². The van der Waals surface area contributed by atoms with Gasteiger partial charge in [-0.05, 0) is 31.2 Å². The molecular formula is C19H19N5O2S. The first-order chi connectivity index (χ1) is 12.9. The second-order valence-corrected chi connectivity index (χ2v) is 7.18. The minimum atomic E-state index is -0.513. The standard InChI is InChI=1S/C19H19N5O2S/c1-12(18(26)22-15-9-7-14(8-10-15)17(20)25)27-19-23-16(11-24(19)21)13-5-3-2-4-6-13/h2-12H,21H2,1H3,(H2,20,25)(H,22,26)/t12-/m1/s1. The number of anilines is 1. The molecular weight excluding hydrogens is 362 g/mol. The highest BCUT2D eigenvalue weighted by atomic mass is 32.2. The molecule has 0 aliphatic rings. The number of primary amides is 1. The summed E-state index contributed by atoms with van der Waals surface area (Å²) >= 11 is 1.26. The van der Waals surface area contributed by atoms with Crippen molar-refractivity contribution in [1.82, 2.24) is 9.66 Å². The number of nitrogens with two attached hydrogens (primary N) is 2. The zero-order valence-electron chi connectivity index (χ0n) is 14.6. The lowest BCUT2D eigenvalue weighted by Crippen LogP contribution is -2.23. The average Bonchev–Trinajstić information content (AvgIpc) is 3.03. The summed E-state index contributed by atoms with van der Waals surface area (Å²) < 4.78 is 1.42. The monoisotopic (exact) mass is 381 g/mol. The highest BCUT2D eigenvalue weighted by Gasteiger charge is 2.18. The Morgan fingerprint density at radius 1 is 1.11 bits per heavy atom. The number of nitrogen functional groups attached to an aromatic ring is 1. The van der Waals surface area contributed by atoms with Gasteiger partial charge in [0.05, 0.1) is 17.1 Å². The van der Waals surface area contributed by atoms with Crippen LogP contribution in [0, 0.1) is 0 Å². The molecule has 5 N–H and O–H groups in total. The van der Waals surface area contributed by atoms with Crippen molar-refractivity contribution in [1.29, 1.82) is 0 Å². The van der Waals surface area contributed by atoms with Gasteiger partial charge in [0.1, 0.15) is 0 Å². The van der Waals surface area contributed by atoms with Crippen molar-refractivity contribution in [3.05, 3.63) is 66.4 Å². The van der Waals surface area contributed by atoms with Crippen LogP contribution in [0.5, 0.6) is 0 Å². The van der Waals surface area contributed by atoms with Gasteiger partial charge >= 0.3 is 0 Å². The Balaban J connectivity index is 1.66. The minimum absolute atomic E-state index is 0.198. The van der Waals surface area contributed by atoms with Crippen molar-refractivity contribution in [3.63, 3.8) is 0 Å². The van der Waals surface area contributed by atoms with E-state index in [1.165, 1.54) is 16.4 Å². The molecule has 0 aliphatic carbocycles. The van der Waals surface area contributed by atoms with E-state index in [2.05, 4.69) is 10.3 Å². The molecule has 0 saturated heterocycles. The Morgan fingerprint density at radius 2 is 1.78 bits per heavy atom. The summed E-state index contributed by atoms with van der Waals surface area (Å²) in [7, 11) is 0. The number of amides is 2. The molecule has 138 valence electrons. The fourth-order valence-electron chi connectivity index (χ4n) is 2.39. The smallest absolute Gasteiger partial charge is 0.248 e. The normalized spacial score (nSPS) is 11.7. The summed E-state index contributed by atoms with van der Waals surface area (Å²) in [6.07, 6.45) is 1.73. The fourth-order valence-corrected chi connectivity index (χ4v) is 3.19. The topological polar surface area (TPSA) is 116 Å². The molecule has 3 aromatic rings. The molecule has 0 fully saturated rings. The quantitative estimate of drug-likeness (QED) is 0.448. The molecule has 27 heavy (non-hydrogen) atoms. The molecule has 3 rings (SSSR count). The number of rotatable bonds is 6. The van der Waals surface area contributed by atoms with Gasteiger partial charge < -0.3 is 16.9 Å². The minimum Gasteiger partial charge on any atom is -0.366 e. The molecule has 0 saturated carbocycles. The highest BCUT2D eigenvalue weighted by molar-refractivity contribution is 8.00. The Kier molecular flexibility index (Phi) is 5.46. The summed E-state index contributed by atoms with van der Waals surface area (Å²) in [5.41, 5.74) is 7.87. The zero-order valence-corrected chi connectivity index (χ0v) is 15.4. The van der Waals surface area contributed by atoms with Gasteiger partial charge in [0.15, 0.2) is 5.16 Å². The molecule has 1 atom stereocenters. The van der Waals surface area contributed by atoms with Crippen molar-refractivity contribution in [2.75, 3.05) is 11.2 Å². The van der Waals surface area contributed by atoms with E-state index in [-0.39, 0.29) is 5.91 Å². The van der Waals surface area contributed by atoms with E-state index in [9.17, 15) is 9.59 Å².